The summed E-state index contributed by atoms with van der Waals surface area (Å²) in [6.07, 6.45) is 5.83. The van der Waals surface area contributed by atoms with Gasteiger partial charge in [-0.1, -0.05) is 35.9 Å². The number of benzene rings is 2. The Kier molecular flexibility index (Phi) is 7.55. The first-order valence-corrected chi connectivity index (χ1v) is 10.3. The lowest BCUT2D eigenvalue weighted by molar-refractivity contribution is -0.901. The minimum absolute atomic E-state index is 0.153. The Balaban J connectivity index is 1.61. The number of likely N-dealkylation sites (tertiary alicyclic amines) is 1. The summed E-state index contributed by atoms with van der Waals surface area (Å²) in [5.74, 6) is 0.852. The zero-order chi connectivity index (χ0) is 20.6. The van der Waals surface area contributed by atoms with Crippen molar-refractivity contribution < 1.29 is 19.2 Å². The van der Waals surface area contributed by atoms with Crippen molar-refractivity contribution in [3.8, 4) is 11.5 Å². The van der Waals surface area contributed by atoms with Crippen LogP contribution in [0.5, 0.6) is 11.5 Å². The molecular formula is C23H28ClN2O3+. The molecule has 0 spiro atoms. The molecule has 1 aliphatic rings. The van der Waals surface area contributed by atoms with E-state index in [1.54, 1.807) is 30.2 Å². The molecule has 2 aromatic rings. The van der Waals surface area contributed by atoms with Crippen molar-refractivity contribution >= 4 is 23.6 Å². The van der Waals surface area contributed by atoms with Gasteiger partial charge in [0.2, 0.25) is 5.91 Å². The summed E-state index contributed by atoms with van der Waals surface area (Å²) in [4.78, 5) is 13.9. The van der Waals surface area contributed by atoms with Crippen molar-refractivity contribution in [3.05, 3.63) is 64.2 Å². The molecule has 1 amide bonds. The third-order valence-corrected chi connectivity index (χ3v) is 5.49. The molecule has 3 rings (SSSR count). The molecule has 1 aliphatic heterocycles. The highest BCUT2D eigenvalue weighted by Gasteiger charge is 2.17. The van der Waals surface area contributed by atoms with Crippen LogP contribution in [0.25, 0.3) is 6.08 Å². The minimum atomic E-state index is -0.153. The summed E-state index contributed by atoms with van der Waals surface area (Å²) in [6.45, 7) is 4.00. The smallest absolute Gasteiger partial charge is 0.244 e. The molecule has 1 fully saturated rings. The molecule has 29 heavy (non-hydrogen) atoms. The van der Waals surface area contributed by atoms with E-state index in [4.69, 9.17) is 21.1 Å². The van der Waals surface area contributed by atoms with Gasteiger partial charge in [0.25, 0.3) is 0 Å². The van der Waals surface area contributed by atoms with E-state index in [-0.39, 0.29) is 5.91 Å². The average molecular weight is 416 g/mol. The maximum absolute atomic E-state index is 12.3. The predicted molar refractivity (Wildman–Crippen MR) is 116 cm³/mol. The highest BCUT2D eigenvalue weighted by atomic mass is 35.5. The highest BCUT2D eigenvalue weighted by molar-refractivity contribution is 6.32. The first-order valence-electron chi connectivity index (χ1n) is 9.88. The second kappa shape index (κ2) is 10.3. The summed E-state index contributed by atoms with van der Waals surface area (Å²) in [5, 5.41) is 3.41. The van der Waals surface area contributed by atoms with Gasteiger partial charge in [-0.3, -0.25) is 4.79 Å². The molecule has 154 valence electrons. The Morgan fingerprint density at radius 2 is 1.86 bits per heavy atom. The van der Waals surface area contributed by atoms with Crippen LogP contribution in [0.4, 0.5) is 0 Å². The number of nitrogens with one attached hydrogen (secondary N) is 2. The summed E-state index contributed by atoms with van der Waals surface area (Å²) in [7, 11) is 3.09. The molecule has 2 N–H and O–H groups in total. The van der Waals surface area contributed by atoms with E-state index in [0.29, 0.717) is 23.1 Å². The lowest BCUT2D eigenvalue weighted by Gasteiger charge is -2.15. The van der Waals surface area contributed by atoms with Gasteiger partial charge in [0, 0.05) is 31.0 Å². The van der Waals surface area contributed by atoms with Gasteiger partial charge in [0.05, 0.1) is 32.3 Å². The van der Waals surface area contributed by atoms with Crippen molar-refractivity contribution in [3.63, 3.8) is 0 Å². The Hall–Kier alpha value is -2.50. The second-order valence-corrected chi connectivity index (χ2v) is 7.60. The lowest BCUT2D eigenvalue weighted by Crippen LogP contribution is -3.08. The average Bonchev–Trinajstić information content (AvgIpc) is 3.24. The molecule has 0 aliphatic carbocycles. The van der Waals surface area contributed by atoms with Crippen LogP contribution in [0.2, 0.25) is 5.02 Å². The van der Waals surface area contributed by atoms with Crippen LogP contribution in [0.15, 0.2) is 42.5 Å². The van der Waals surface area contributed by atoms with E-state index in [2.05, 4.69) is 23.5 Å². The standard InChI is InChI=1S/C23H27ClN2O3/c1-28-21-14-17(13-20(24)23(21)29-2)9-10-22(27)25-15-18-7-3-4-8-19(18)16-26-11-5-6-12-26/h3-4,7-10,13-14H,5-6,11-12,15-16H2,1-2H3,(H,25,27)/p+1/b10-9+. The molecule has 0 saturated carbocycles. The molecular weight excluding hydrogens is 388 g/mol. The molecule has 0 aromatic heterocycles. The zero-order valence-corrected chi connectivity index (χ0v) is 17.7. The number of quaternary nitrogens is 1. The lowest BCUT2D eigenvalue weighted by atomic mass is 10.1. The predicted octanol–water partition coefficient (Wildman–Crippen LogP) is 2.87. The van der Waals surface area contributed by atoms with Crippen molar-refractivity contribution in [2.75, 3.05) is 27.3 Å². The van der Waals surface area contributed by atoms with Crippen LogP contribution in [0.3, 0.4) is 0 Å². The van der Waals surface area contributed by atoms with Crippen LogP contribution >= 0.6 is 11.6 Å². The number of hydrogen-bond acceptors (Lipinski definition) is 3. The normalized spacial score (nSPS) is 14.3. The van der Waals surface area contributed by atoms with Gasteiger partial charge in [-0.2, -0.15) is 0 Å². The molecule has 1 saturated heterocycles. The molecule has 0 atom stereocenters. The molecule has 0 bridgehead atoms. The van der Waals surface area contributed by atoms with Crippen molar-refractivity contribution in [1.29, 1.82) is 0 Å². The number of methoxy groups -OCH3 is 2. The first-order chi connectivity index (χ1) is 14.1. The number of rotatable bonds is 8. The minimum Gasteiger partial charge on any atom is -0.493 e. The van der Waals surface area contributed by atoms with Gasteiger partial charge in [-0.15, -0.1) is 0 Å². The fourth-order valence-corrected chi connectivity index (χ4v) is 3.97. The number of hydrogen-bond donors (Lipinski definition) is 2. The number of amides is 1. The molecule has 0 radical (unpaired) electrons. The third kappa shape index (κ3) is 5.75. The molecule has 1 heterocycles. The Morgan fingerprint density at radius 1 is 1.14 bits per heavy atom. The van der Waals surface area contributed by atoms with E-state index in [1.807, 2.05) is 6.07 Å². The summed E-state index contributed by atoms with van der Waals surface area (Å²) < 4.78 is 10.5. The van der Waals surface area contributed by atoms with E-state index >= 15 is 0 Å². The van der Waals surface area contributed by atoms with E-state index < -0.39 is 0 Å². The summed E-state index contributed by atoms with van der Waals surface area (Å²) in [6, 6.07) is 11.9. The van der Waals surface area contributed by atoms with Crippen LogP contribution in [0, 0.1) is 0 Å². The van der Waals surface area contributed by atoms with Crippen LogP contribution in [-0.2, 0) is 17.9 Å². The van der Waals surface area contributed by atoms with Gasteiger partial charge in [-0.25, -0.2) is 0 Å². The number of carbonyl (C=O) groups is 1. The van der Waals surface area contributed by atoms with Gasteiger partial charge in [-0.05, 0) is 29.3 Å². The summed E-state index contributed by atoms with van der Waals surface area (Å²) in [5.41, 5.74) is 3.24. The topological polar surface area (TPSA) is 52.0 Å². The number of carbonyl (C=O) groups excluding carboxylic acids is 1. The molecule has 6 heteroatoms. The SMILES string of the molecule is COc1cc(/C=C/C(=O)NCc2ccccc2C[NH+]2CCCC2)cc(Cl)c1OC. The van der Waals surface area contributed by atoms with E-state index in [1.165, 1.54) is 50.2 Å². The maximum atomic E-state index is 12.3. The fraction of sp³-hybridized carbons (Fsp3) is 0.348. The van der Waals surface area contributed by atoms with Gasteiger partial charge in [0.1, 0.15) is 6.54 Å². The van der Waals surface area contributed by atoms with Crippen molar-refractivity contribution in [1.82, 2.24) is 5.32 Å². The summed E-state index contributed by atoms with van der Waals surface area (Å²) >= 11 is 6.22. The van der Waals surface area contributed by atoms with Gasteiger partial charge < -0.3 is 19.7 Å². The molecule has 2 aromatic carbocycles. The van der Waals surface area contributed by atoms with Gasteiger partial charge in [0.15, 0.2) is 11.5 Å². The number of ether oxygens (including phenoxy) is 2. The number of halogens is 1. The largest absolute Gasteiger partial charge is 0.493 e. The van der Waals surface area contributed by atoms with Crippen LogP contribution in [-0.4, -0.2) is 33.2 Å². The van der Waals surface area contributed by atoms with Crippen LogP contribution in [0.1, 0.15) is 29.5 Å². The molecule has 0 unspecified atom stereocenters. The maximum Gasteiger partial charge on any atom is 0.244 e. The quantitative estimate of drug-likeness (QED) is 0.652. The van der Waals surface area contributed by atoms with E-state index in [9.17, 15) is 4.79 Å². The van der Waals surface area contributed by atoms with Crippen LogP contribution < -0.4 is 19.7 Å². The van der Waals surface area contributed by atoms with Crippen molar-refractivity contribution in [2.24, 2.45) is 0 Å². The fourth-order valence-electron chi connectivity index (χ4n) is 3.67. The Morgan fingerprint density at radius 3 is 2.55 bits per heavy atom. The Bertz CT molecular complexity index is 876. The highest BCUT2D eigenvalue weighted by Crippen LogP contribution is 2.36. The second-order valence-electron chi connectivity index (χ2n) is 7.19. The Labute approximate surface area is 177 Å². The zero-order valence-electron chi connectivity index (χ0n) is 17.0. The molecule has 5 nitrogen and oxygen atoms in total. The van der Waals surface area contributed by atoms with E-state index in [0.717, 1.165) is 12.1 Å². The first kappa shape index (κ1) is 21.2. The monoisotopic (exact) mass is 415 g/mol. The van der Waals surface area contributed by atoms with Gasteiger partial charge >= 0.3 is 0 Å². The van der Waals surface area contributed by atoms with Crippen molar-refractivity contribution in [2.45, 2.75) is 25.9 Å². The third-order valence-electron chi connectivity index (χ3n) is 5.21.